The van der Waals surface area contributed by atoms with E-state index in [9.17, 15) is 0 Å². The molecule has 0 saturated heterocycles. The summed E-state index contributed by atoms with van der Waals surface area (Å²) < 4.78 is 0. The van der Waals surface area contributed by atoms with Crippen LogP contribution in [0.1, 0.15) is 27.8 Å². The molecule has 10 aromatic carbocycles. The summed E-state index contributed by atoms with van der Waals surface area (Å²) in [6, 6.07) is 74.9. The average molecular weight is 717 g/mol. The highest BCUT2D eigenvalue weighted by molar-refractivity contribution is 8.00. The molecule has 0 fully saturated rings. The van der Waals surface area contributed by atoms with Crippen LogP contribution >= 0.6 is 11.8 Å². The summed E-state index contributed by atoms with van der Waals surface area (Å²) in [5, 5.41) is 10.3. The number of fused-ring (bicyclic) bond motifs is 12. The van der Waals surface area contributed by atoms with Gasteiger partial charge in [-0.25, -0.2) is 0 Å². The van der Waals surface area contributed by atoms with Crippen LogP contribution in [0.4, 0.5) is 0 Å². The molecule has 0 spiro atoms. The lowest BCUT2D eigenvalue weighted by Crippen LogP contribution is -2.35. The molecule has 0 saturated carbocycles. The molecule has 0 aliphatic carbocycles. The van der Waals surface area contributed by atoms with Gasteiger partial charge in [-0.05, 0) is 94.5 Å². The Morgan fingerprint density at radius 1 is 0.291 bits per heavy atom. The topological polar surface area (TPSA) is 0 Å². The first-order valence-corrected chi connectivity index (χ1v) is 19.9. The molecule has 1 aliphatic rings. The SMILES string of the molecule is Cc1ccc(-c2ccc(C3(c4ccc(-c5ccccc5)cc4)c4c(c5ccccc5c5ccccc45)Sc4c3c3ccccc3c3ccccc43)cc2)cc1. The van der Waals surface area contributed by atoms with Crippen molar-refractivity contribution in [2.75, 3.05) is 0 Å². The third-order valence-corrected chi connectivity index (χ3v) is 13.1. The number of rotatable bonds is 4. The summed E-state index contributed by atoms with van der Waals surface area (Å²) in [5.74, 6) is 0. The van der Waals surface area contributed by atoms with Gasteiger partial charge in [-0.1, -0.05) is 218 Å². The number of benzene rings is 10. The van der Waals surface area contributed by atoms with E-state index in [1.165, 1.54) is 103 Å². The zero-order valence-corrected chi connectivity index (χ0v) is 31.3. The van der Waals surface area contributed by atoms with E-state index in [4.69, 9.17) is 0 Å². The Kier molecular flexibility index (Phi) is 7.34. The van der Waals surface area contributed by atoms with Crippen LogP contribution in [0.2, 0.25) is 0 Å². The molecule has 10 aromatic rings. The molecular formula is C54H36S. The molecular weight excluding hydrogens is 681 g/mol. The fourth-order valence-electron chi connectivity index (χ4n) is 9.35. The van der Waals surface area contributed by atoms with Crippen LogP contribution in [-0.4, -0.2) is 0 Å². The van der Waals surface area contributed by atoms with E-state index in [2.05, 4.69) is 207 Å². The highest BCUT2D eigenvalue weighted by Crippen LogP contribution is 2.62. The molecule has 0 radical (unpaired) electrons. The quantitative estimate of drug-likeness (QED) is 0.163. The summed E-state index contributed by atoms with van der Waals surface area (Å²) in [5.41, 5.74) is 10.7. The minimum atomic E-state index is -0.662. The fraction of sp³-hybridized carbons (Fsp3) is 0.0370. The van der Waals surface area contributed by atoms with Gasteiger partial charge in [-0.2, -0.15) is 0 Å². The zero-order chi connectivity index (χ0) is 36.5. The molecule has 0 unspecified atom stereocenters. The van der Waals surface area contributed by atoms with Crippen LogP contribution in [-0.2, 0) is 5.41 Å². The van der Waals surface area contributed by atoms with Gasteiger partial charge in [0, 0.05) is 9.79 Å². The van der Waals surface area contributed by atoms with Gasteiger partial charge in [0.05, 0.1) is 5.41 Å². The third-order valence-electron chi connectivity index (χ3n) is 11.9. The second kappa shape index (κ2) is 12.6. The first-order chi connectivity index (χ1) is 27.2. The standard InChI is InChI=1S/C54H36S/c1-35-23-25-37(26-24-35)39-29-33-41(34-30-39)54(40-31-27-38(28-32-40)36-13-3-2-4-14-36)50-46-19-9-5-15-42(46)44-17-7-11-21-48(44)52(50)55-53-49-22-12-8-18-45(49)43-16-6-10-20-47(43)51(53)54/h2-34H,1H3. The van der Waals surface area contributed by atoms with Crippen LogP contribution in [0.5, 0.6) is 0 Å². The van der Waals surface area contributed by atoms with Gasteiger partial charge in [0.1, 0.15) is 0 Å². The molecule has 0 N–H and O–H groups in total. The molecule has 55 heavy (non-hydrogen) atoms. The van der Waals surface area contributed by atoms with Crippen LogP contribution in [0.3, 0.4) is 0 Å². The van der Waals surface area contributed by atoms with E-state index < -0.39 is 5.41 Å². The number of hydrogen-bond acceptors (Lipinski definition) is 1. The Hall–Kier alpha value is -6.41. The van der Waals surface area contributed by atoms with E-state index in [1.54, 1.807) is 0 Å². The number of aryl methyl sites for hydroxylation is 1. The van der Waals surface area contributed by atoms with Gasteiger partial charge in [0.2, 0.25) is 0 Å². The highest BCUT2D eigenvalue weighted by Gasteiger charge is 2.48. The summed E-state index contributed by atoms with van der Waals surface area (Å²) in [7, 11) is 0. The van der Waals surface area contributed by atoms with Crippen molar-refractivity contribution in [2.45, 2.75) is 22.1 Å². The largest absolute Gasteiger partial charge is 0.0880 e. The van der Waals surface area contributed by atoms with Gasteiger partial charge in [0.25, 0.3) is 0 Å². The Labute approximate surface area is 325 Å². The van der Waals surface area contributed by atoms with E-state index in [0.717, 1.165) is 0 Å². The summed E-state index contributed by atoms with van der Waals surface area (Å²) in [6.07, 6.45) is 0. The van der Waals surface area contributed by atoms with Crippen molar-refractivity contribution in [1.82, 2.24) is 0 Å². The van der Waals surface area contributed by atoms with Crippen molar-refractivity contribution < 1.29 is 0 Å². The lowest BCUT2D eigenvalue weighted by Gasteiger charge is -2.44. The van der Waals surface area contributed by atoms with E-state index >= 15 is 0 Å². The Balaban J connectivity index is 1.35. The normalized spacial score (nSPS) is 13.3. The maximum Gasteiger partial charge on any atom is 0.0736 e. The molecule has 0 nitrogen and oxygen atoms in total. The van der Waals surface area contributed by atoms with Crippen molar-refractivity contribution >= 4 is 54.9 Å². The smallest absolute Gasteiger partial charge is 0.0736 e. The van der Waals surface area contributed by atoms with Crippen molar-refractivity contribution in [1.29, 1.82) is 0 Å². The first-order valence-electron chi connectivity index (χ1n) is 19.1. The zero-order valence-electron chi connectivity index (χ0n) is 30.5. The monoisotopic (exact) mass is 716 g/mol. The van der Waals surface area contributed by atoms with Crippen molar-refractivity contribution in [2.24, 2.45) is 0 Å². The highest BCUT2D eigenvalue weighted by atomic mass is 32.2. The van der Waals surface area contributed by atoms with Crippen LogP contribution in [0.25, 0.3) is 65.3 Å². The number of hydrogen-bond donors (Lipinski definition) is 0. The van der Waals surface area contributed by atoms with Crippen molar-refractivity contribution in [3.63, 3.8) is 0 Å². The van der Waals surface area contributed by atoms with Gasteiger partial charge in [0.15, 0.2) is 0 Å². The summed E-state index contributed by atoms with van der Waals surface area (Å²) in [4.78, 5) is 2.66. The van der Waals surface area contributed by atoms with Crippen molar-refractivity contribution in [3.05, 3.63) is 228 Å². The maximum atomic E-state index is 2.41. The molecule has 11 rings (SSSR count). The molecule has 1 aliphatic heterocycles. The molecule has 0 amide bonds. The molecule has 0 atom stereocenters. The van der Waals surface area contributed by atoms with Crippen molar-refractivity contribution in [3.8, 4) is 22.3 Å². The first kappa shape index (κ1) is 32.1. The Bertz CT molecular complexity index is 2960. The second-order valence-electron chi connectivity index (χ2n) is 14.8. The summed E-state index contributed by atoms with van der Waals surface area (Å²) >= 11 is 1.96. The van der Waals surface area contributed by atoms with E-state index in [-0.39, 0.29) is 0 Å². The lowest BCUT2D eigenvalue weighted by molar-refractivity contribution is 0.724. The summed E-state index contributed by atoms with van der Waals surface area (Å²) in [6.45, 7) is 2.15. The predicted octanol–water partition coefficient (Wildman–Crippen LogP) is 14.8. The molecule has 0 aromatic heterocycles. The third kappa shape index (κ3) is 4.80. The van der Waals surface area contributed by atoms with E-state index in [0.29, 0.717) is 0 Å². The Morgan fingerprint density at radius 3 is 1.02 bits per heavy atom. The predicted molar refractivity (Wildman–Crippen MR) is 235 cm³/mol. The maximum absolute atomic E-state index is 2.41. The molecule has 1 heteroatoms. The van der Waals surface area contributed by atoms with Gasteiger partial charge < -0.3 is 0 Å². The van der Waals surface area contributed by atoms with E-state index in [1.807, 2.05) is 11.8 Å². The van der Waals surface area contributed by atoms with Gasteiger partial charge in [-0.15, -0.1) is 0 Å². The molecule has 258 valence electrons. The van der Waals surface area contributed by atoms with Crippen LogP contribution < -0.4 is 0 Å². The fourth-order valence-corrected chi connectivity index (χ4v) is 10.9. The second-order valence-corrected chi connectivity index (χ2v) is 15.9. The minimum absolute atomic E-state index is 0.662. The van der Waals surface area contributed by atoms with Gasteiger partial charge >= 0.3 is 0 Å². The molecule has 0 bridgehead atoms. The minimum Gasteiger partial charge on any atom is -0.0880 e. The Morgan fingerprint density at radius 2 is 0.600 bits per heavy atom. The van der Waals surface area contributed by atoms with Crippen LogP contribution in [0, 0.1) is 6.92 Å². The van der Waals surface area contributed by atoms with Crippen LogP contribution in [0.15, 0.2) is 210 Å². The lowest BCUT2D eigenvalue weighted by atomic mass is 9.62. The average Bonchev–Trinajstić information content (AvgIpc) is 3.26. The van der Waals surface area contributed by atoms with Gasteiger partial charge in [-0.3, -0.25) is 0 Å². The molecule has 1 heterocycles.